The molecule has 4 N–H and O–H groups in total. The molecule has 30 nitrogen and oxygen atoms in total. The molecule has 0 aromatic heterocycles. The third kappa shape index (κ3) is 20.6. The van der Waals surface area contributed by atoms with E-state index in [1.54, 1.807) is 30.3 Å². The Morgan fingerprint density at radius 2 is 0.861 bits per heavy atom. The van der Waals surface area contributed by atoms with Crippen molar-refractivity contribution in [3.05, 3.63) is 35.9 Å². The van der Waals surface area contributed by atoms with Gasteiger partial charge in [-0.05, 0) is 5.56 Å². The van der Waals surface area contributed by atoms with E-state index in [0.717, 1.165) is 69.2 Å². The van der Waals surface area contributed by atoms with Crippen LogP contribution in [-0.2, 0) is 126 Å². The molecular weight excluding hydrogens is 1060 g/mol. The van der Waals surface area contributed by atoms with Gasteiger partial charge in [0, 0.05) is 82.2 Å². The molecule has 79 heavy (non-hydrogen) atoms. The molecule has 3 aliphatic rings. The zero-order valence-electron chi connectivity index (χ0n) is 44.9. The summed E-state index contributed by atoms with van der Waals surface area (Å²) in [4.78, 5) is 153. The molecule has 3 aliphatic heterocycles. The first kappa shape index (κ1) is 64.0. The fourth-order valence-corrected chi connectivity index (χ4v) is 8.44. The van der Waals surface area contributed by atoms with Gasteiger partial charge >= 0.3 is 53.8 Å². The Bertz CT molecular complexity index is 2350. The topological polar surface area (TPSA) is 382 Å². The smallest absolute Gasteiger partial charge is 0.407 e. The second kappa shape index (κ2) is 30.6. The number of alkyl carbamates (subject to hydrolysis) is 1. The van der Waals surface area contributed by atoms with E-state index >= 15 is 0 Å². The molecule has 3 fully saturated rings. The summed E-state index contributed by atoms with van der Waals surface area (Å²) in [7, 11) is 0. The standard InChI is InChI=1S/C49H66N4O26/c1-22(54)51-37-42(73-29(8)61)39(70-26(5)58)34(19-66-24(3)56)77-47(37)68-21-33-41(72-28(7)60)44(45(75-31(10)63)46(76-33)53-36(64)16-17-50-49(65)69-18-32-14-12-11-13-15-32)79-48-38(52-23(2)55)43(74-30(9)62)40(71-27(6)59)35(78-48)20-67-25(4)57/h11-15,33-35,37-48H,16-21H2,1-10H3,(H,50,65)(H,51,54)(H,52,55)(H,53,64)/t33-,34-,35-,37-,38-,39-,40-,41+,42-,43-,44+,45-,46-,47-,48+/m1/s1. The molecule has 30 heteroatoms. The predicted molar refractivity (Wildman–Crippen MR) is 256 cm³/mol. The summed E-state index contributed by atoms with van der Waals surface area (Å²) < 4.78 is 80.9. The minimum atomic E-state index is -1.96. The predicted octanol–water partition coefficient (Wildman–Crippen LogP) is -1.28. The maximum absolute atomic E-state index is 13.8. The van der Waals surface area contributed by atoms with Crippen molar-refractivity contribution in [1.82, 2.24) is 21.3 Å². The van der Waals surface area contributed by atoms with Gasteiger partial charge in [0.15, 0.2) is 55.4 Å². The van der Waals surface area contributed by atoms with Crippen molar-refractivity contribution < 1.29 is 124 Å². The molecule has 1 aromatic rings. The summed E-state index contributed by atoms with van der Waals surface area (Å²) in [6.45, 7) is 7.61. The van der Waals surface area contributed by atoms with Gasteiger partial charge in [-0.15, -0.1) is 0 Å². The average molecular weight is 1130 g/mol. The van der Waals surface area contributed by atoms with E-state index in [1.807, 2.05) is 0 Å². The molecule has 0 spiro atoms. The third-order valence-electron chi connectivity index (χ3n) is 11.2. The van der Waals surface area contributed by atoms with Crippen LogP contribution in [0.1, 0.15) is 81.2 Å². The van der Waals surface area contributed by atoms with Crippen LogP contribution in [0.15, 0.2) is 30.3 Å². The average Bonchev–Trinajstić information content (AvgIpc) is 3.37. The number of carbonyl (C=O) groups excluding carboxylic acids is 12. The highest BCUT2D eigenvalue weighted by Gasteiger charge is 2.58. The monoisotopic (exact) mass is 1130 g/mol. The Morgan fingerprint density at radius 3 is 1.32 bits per heavy atom. The van der Waals surface area contributed by atoms with E-state index in [9.17, 15) is 57.5 Å². The van der Waals surface area contributed by atoms with E-state index in [4.69, 9.17) is 66.3 Å². The van der Waals surface area contributed by atoms with Gasteiger partial charge in [0.05, 0.1) is 6.61 Å². The fraction of sp³-hybridized carbons (Fsp3) is 0.633. The van der Waals surface area contributed by atoms with Gasteiger partial charge < -0.3 is 87.6 Å². The van der Waals surface area contributed by atoms with Crippen molar-refractivity contribution in [2.24, 2.45) is 0 Å². The van der Waals surface area contributed by atoms with Gasteiger partial charge in [-0.25, -0.2) is 4.79 Å². The lowest BCUT2D eigenvalue weighted by Gasteiger charge is -2.50. The molecule has 1 aromatic carbocycles. The number of amides is 4. The molecule has 0 aliphatic carbocycles. The number of ether oxygens (including phenoxy) is 14. The van der Waals surface area contributed by atoms with Crippen LogP contribution >= 0.6 is 0 Å². The normalized spacial score (nSPS) is 28.1. The van der Waals surface area contributed by atoms with Gasteiger partial charge in [-0.1, -0.05) is 30.3 Å². The summed E-state index contributed by atoms with van der Waals surface area (Å²) >= 11 is 0. The molecular formula is C49H66N4O26. The van der Waals surface area contributed by atoms with E-state index < -0.39 is 190 Å². The van der Waals surface area contributed by atoms with Gasteiger partial charge in [0.1, 0.15) is 56.3 Å². The molecule has 0 radical (unpaired) electrons. The number of hydrogen-bond donors (Lipinski definition) is 4. The minimum Gasteiger partial charge on any atom is -0.463 e. The molecule has 0 saturated carbocycles. The highest BCUT2D eigenvalue weighted by Crippen LogP contribution is 2.35. The van der Waals surface area contributed by atoms with Crippen LogP contribution in [0.5, 0.6) is 0 Å². The van der Waals surface area contributed by atoms with Gasteiger partial charge in [-0.2, -0.15) is 0 Å². The molecule has 0 bridgehead atoms. The lowest BCUT2D eigenvalue weighted by atomic mass is 9.94. The Morgan fingerprint density at radius 1 is 0.443 bits per heavy atom. The third-order valence-corrected chi connectivity index (χ3v) is 11.2. The summed E-state index contributed by atoms with van der Waals surface area (Å²) in [5.41, 5.74) is 0.676. The number of hydrogen-bond acceptors (Lipinski definition) is 26. The summed E-state index contributed by atoms with van der Waals surface area (Å²) in [5.74, 6) is -9.91. The Balaban J connectivity index is 1.86. The fourth-order valence-electron chi connectivity index (χ4n) is 8.44. The van der Waals surface area contributed by atoms with Crippen molar-refractivity contribution in [1.29, 1.82) is 0 Å². The summed E-state index contributed by atoms with van der Waals surface area (Å²) in [6, 6.07) is 5.46. The number of benzene rings is 1. The molecule has 15 atom stereocenters. The van der Waals surface area contributed by atoms with E-state index in [2.05, 4.69) is 21.3 Å². The first-order valence-corrected chi connectivity index (χ1v) is 24.5. The first-order valence-electron chi connectivity index (χ1n) is 24.5. The van der Waals surface area contributed by atoms with Crippen LogP contribution in [0.3, 0.4) is 0 Å². The number of nitrogens with one attached hydrogen (secondary N) is 4. The van der Waals surface area contributed by atoms with E-state index in [-0.39, 0.29) is 13.2 Å². The maximum atomic E-state index is 13.8. The number of esters is 8. The SMILES string of the molecule is CC(=O)N[C@H]1[C@H](OC[C@H]2O[C@@H](NC(=O)CCNC(=O)OCc3ccccc3)[C@H](OC(C)=O)[C@@H](O[C@@H]3O[C@H](COC(C)=O)[C@@H](OC(C)=O)[C@H](OC(C)=O)[C@H]3NC(C)=O)[C@H]2OC(C)=O)O[C@H](COC(C)=O)[C@@H](OC(C)=O)[C@@H]1OC(C)=O. The van der Waals surface area contributed by atoms with Gasteiger partial charge in [0.25, 0.3) is 0 Å². The number of rotatable bonds is 23. The molecule has 3 saturated heterocycles. The second-order valence-electron chi connectivity index (χ2n) is 17.9. The largest absolute Gasteiger partial charge is 0.463 e. The quantitative estimate of drug-likeness (QED) is 0.0732. The van der Waals surface area contributed by atoms with Crippen LogP contribution in [0.2, 0.25) is 0 Å². The molecule has 4 rings (SSSR count). The zero-order valence-corrected chi connectivity index (χ0v) is 44.9. The highest BCUT2D eigenvalue weighted by atomic mass is 16.7. The van der Waals surface area contributed by atoms with Crippen LogP contribution in [0, 0.1) is 0 Å². The second-order valence-corrected chi connectivity index (χ2v) is 17.9. The van der Waals surface area contributed by atoms with Crippen molar-refractivity contribution in [2.45, 2.75) is 174 Å². The van der Waals surface area contributed by atoms with Gasteiger partial charge in [0.2, 0.25) is 17.7 Å². The Hall–Kier alpha value is -7.54. The molecule has 4 amide bonds. The van der Waals surface area contributed by atoms with Crippen LogP contribution in [0.25, 0.3) is 0 Å². The van der Waals surface area contributed by atoms with Crippen molar-refractivity contribution in [2.75, 3.05) is 26.4 Å². The van der Waals surface area contributed by atoms with Crippen LogP contribution in [0.4, 0.5) is 4.79 Å². The van der Waals surface area contributed by atoms with Crippen LogP contribution in [-0.4, -0.2) is 190 Å². The Kier molecular flexibility index (Phi) is 24.8. The first-order chi connectivity index (χ1) is 37.2. The lowest BCUT2D eigenvalue weighted by molar-refractivity contribution is -0.333. The van der Waals surface area contributed by atoms with Crippen molar-refractivity contribution in [3.63, 3.8) is 0 Å². The zero-order chi connectivity index (χ0) is 58.7. The van der Waals surface area contributed by atoms with E-state index in [0.29, 0.717) is 5.56 Å². The lowest BCUT2D eigenvalue weighted by Crippen LogP contribution is -2.71. The van der Waals surface area contributed by atoms with Gasteiger partial charge in [-0.3, -0.25) is 52.7 Å². The number of carbonyl (C=O) groups is 12. The molecule has 438 valence electrons. The summed E-state index contributed by atoms with van der Waals surface area (Å²) in [5, 5.41) is 10.0. The Labute approximate surface area is 452 Å². The van der Waals surface area contributed by atoms with Crippen LogP contribution < -0.4 is 21.3 Å². The van der Waals surface area contributed by atoms with Crippen molar-refractivity contribution in [3.8, 4) is 0 Å². The minimum absolute atomic E-state index is 0.0985. The van der Waals surface area contributed by atoms with Crippen molar-refractivity contribution >= 4 is 71.6 Å². The molecule has 3 heterocycles. The van der Waals surface area contributed by atoms with E-state index in [1.165, 1.54) is 0 Å². The molecule has 0 unspecified atom stereocenters. The maximum Gasteiger partial charge on any atom is 0.407 e. The summed E-state index contributed by atoms with van der Waals surface area (Å²) in [6.07, 6.45) is -23.9. The highest BCUT2D eigenvalue weighted by molar-refractivity contribution is 5.78.